The fraction of sp³-hybridized carbons (Fsp3) is 0.0800. The third-order valence-corrected chi connectivity index (χ3v) is 6.39. The highest BCUT2D eigenvalue weighted by molar-refractivity contribution is 6.34. The number of aromatic nitrogens is 2. The molecule has 7 aromatic rings. The third kappa shape index (κ3) is 1.41. The molecule has 126 valence electrons. The van der Waals surface area contributed by atoms with Gasteiger partial charge in [0.25, 0.3) is 0 Å². The first-order valence-electron chi connectivity index (χ1n) is 9.45. The molecule has 0 atom stereocenters. The Labute approximate surface area is 155 Å². The van der Waals surface area contributed by atoms with Gasteiger partial charge in [0.15, 0.2) is 6.20 Å². The predicted molar refractivity (Wildman–Crippen MR) is 113 cm³/mol. The van der Waals surface area contributed by atoms with Gasteiger partial charge in [-0.15, -0.1) is 0 Å². The maximum Gasteiger partial charge on any atom is 0.224 e. The summed E-state index contributed by atoms with van der Waals surface area (Å²) in [6.07, 6.45) is 2.20. The summed E-state index contributed by atoms with van der Waals surface area (Å²) >= 11 is 0. The molecule has 3 aromatic heterocycles. The van der Waals surface area contributed by atoms with Crippen LogP contribution < -0.4 is 4.57 Å². The number of fused-ring (bicyclic) bond motifs is 4. The maximum atomic E-state index is 2.50. The number of aryl methyl sites for hydroxylation is 2. The standard InChI is InChI=1S/C25H17N2/c1-14-5-3-7-18-20(14)24-23-17(11-12-26(24)2)13-16-10-9-15-6-4-8-19-21(15)22(16)25(23)27(18)19/h3-13H,1-2H3/q+1. The van der Waals surface area contributed by atoms with E-state index >= 15 is 0 Å². The fourth-order valence-corrected chi connectivity index (χ4v) is 5.30. The summed E-state index contributed by atoms with van der Waals surface area (Å²) in [5, 5.41) is 9.47. The monoisotopic (exact) mass is 345 g/mol. The van der Waals surface area contributed by atoms with Crippen LogP contribution in [0.2, 0.25) is 0 Å². The van der Waals surface area contributed by atoms with Gasteiger partial charge in [-0.2, -0.15) is 0 Å². The first kappa shape index (κ1) is 13.8. The summed E-state index contributed by atoms with van der Waals surface area (Å²) in [6, 6.07) is 22.5. The molecule has 0 aliphatic carbocycles. The first-order chi connectivity index (χ1) is 13.2. The van der Waals surface area contributed by atoms with Gasteiger partial charge in [-0.1, -0.05) is 36.4 Å². The van der Waals surface area contributed by atoms with Crippen molar-refractivity contribution < 1.29 is 4.57 Å². The van der Waals surface area contributed by atoms with Gasteiger partial charge in [-0.05, 0) is 46.8 Å². The van der Waals surface area contributed by atoms with Crippen LogP contribution in [0.4, 0.5) is 0 Å². The van der Waals surface area contributed by atoms with Crippen molar-refractivity contribution in [1.82, 2.24) is 4.40 Å². The van der Waals surface area contributed by atoms with Gasteiger partial charge < -0.3 is 4.40 Å². The summed E-state index contributed by atoms with van der Waals surface area (Å²) in [7, 11) is 2.17. The molecule has 3 heterocycles. The van der Waals surface area contributed by atoms with Crippen LogP contribution in [0.3, 0.4) is 0 Å². The second kappa shape index (κ2) is 4.29. The molecule has 2 heteroatoms. The molecule has 0 unspecified atom stereocenters. The number of nitrogens with zero attached hydrogens (tertiary/aromatic N) is 2. The molecule has 0 saturated carbocycles. The average molecular weight is 345 g/mol. The highest BCUT2D eigenvalue weighted by atomic mass is 15.0. The van der Waals surface area contributed by atoms with Gasteiger partial charge in [-0.25, -0.2) is 4.57 Å². The maximum absolute atomic E-state index is 2.50. The molecule has 4 aromatic carbocycles. The van der Waals surface area contributed by atoms with Crippen molar-refractivity contribution in [3.8, 4) is 0 Å². The Hall–Kier alpha value is -3.39. The molecule has 0 bridgehead atoms. The minimum absolute atomic E-state index is 1.29. The molecule has 7 rings (SSSR count). The predicted octanol–water partition coefficient (Wildman–Crippen LogP) is 5.71. The number of benzene rings is 4. The lowest BCUT2D eigenvalue weighted by atomic mass is 9.96. The van der Waals surface area contributed by atoms with E-state index in [-0.39, 0.29) is 0 Å². The van der Waals surface area contributed by atoms with Crippen molar-refractivity contribution >= 4 is 59.8 Å². The number of pyridine rings is 2. The van der Waals surface area contributed by atoms with Crippen LogP contribution in [-0.4, -0.2) is 4.40 Å². The zero-order chi connectivity index (χ0) is 17.9. The van der Waals surface area contributed by atoms with E-state index in [2.05, 4.69) is 89.8 Å². The minimum atomic E-state index is 1.29. The Morgan fingerprint density at radius 3 is 2.33 bits per heavy atom. The zero-order valence-electron chi connectivity index (χ0n) is 15.2. The molecule has 2 nitrogen and oxygen atoms in total. The van der Waals surface area contributed by atoms with Crippen LogP contribution in [-0.2, 0) is 7.05 Å². The molecular weight excluding hydrogens is 328 g/mol. The summed E-state index contributed by atoms with van der Waals surface area (Å²) < 4.78 is 4.79. The summed E-state index contributed by atoms with van der Waals surface area (Å²) in [5.74, 6) is 0. The van der Waals surface area contributed by atoms with E-state index in [4.69, 9.17) is 0 Å². The molecule has 0 radical (unpaired) electrons. The highest BCUT2D eigenvalue weighted by Gasteiger charge is 2.25. The minimum Gasteiger partial charge on any atom is -0.307 e. The molecule has 0 N–H and O–H groups in total. The molecule has 27 heavy (non-hydrogen) atoms. The Morgan fingerprint density at radius 2 is 1.44 bits per heavy atom. The van der Waals surface area contributed by atoms with E-state index < -0.39 is 0 Å². The van der Waals surface area contributed by atoms with Crippen molar-refractivity contribution in [1.29, 1.82) is 0 Å². The van der Waals surface area contributed by atoms with E-state index in [1.165, 1.54) is 65.3 Å². The zero-order valence-corrected chi connectivity index (χ0v) is 15.2. The van der Waals surface area contributed by atoms with Gasteiger partial charge in [0.05, 0.1) is 27.3 Å². The van der Waals surface area contributed by atoms with Crippen molar-refractivity contribution in [2.24, 2.45) is 7.05 Å². The molecular formula is C25H17N2+. The lowest BCUT2D eigenvalue weighted by Crippen LogP contribution is -2.28. The van der Waals surface area contributed by atoms with E-state index in [9.17, 15) is 0 Å². The number of hydrogen-bond acceptors (Lipinski definition) is 0. The van der Waals surface area contributed by atoms with E-state index in [1.54, 1.807) is 0 Å². The fourth-order valence-electron chi connectivity index (χ4n) is 5.30. The summed E-state index contributed by atoms with van der Waals surface area (Å²) in [4.78, 5) is 0. The summed E-state index contributed by atoms with van der Waals surface area (Å²) in [5.41, 5.74) is 6.62. The highest BCUT2D eigenvalue weighted by Crippen LogP contribution is 2.44. The second-order valence-electron chi connectivity index (χ2n) is 7.81. The van der Waals surface area contributed by atoms with Crippen LogP contribution in [0.5, 0.6) is 0 Å². The number of rotatable bonds is 0. The molecule has 0 aliphatic rings. The Balaban J connectivity index is 2.07. The van der Waals surface area contributed by atoms with Crippen LogP contribution in [0, 0.1) is 6.92 Å². The van der Waals surface area contributed by atoms with Crippen LogP contribution in [0.25, 0.3) is 59.8 Å². The normalized spacial score (nSPS) is 12.8. The van der Waals surface area contributed by atoms with Gasteiger partial charge in [0.1, 0.15) is 7.05 Å². The second-order valence-corrected chi connectivity index (χ2v) is 7.81. The van der Waals surface area contributed by atoms with Gasteiger partial charge in [0.2, 0.25) is 5.52 Å². The van der Waals surface area contributed by atoms with Gasteiger partial charge >= 0.3 is 0 Å². The lowest BCUT2D eigenvalue weighted by molar-refractivity contribution is -0.643. The summed E-state index contributed by atoms with van der Waals surface area (Å²) in [6.45, 7) is 2.23. The largest absolute Gasteiger partial charge is 0.307 e. The topological polar surface area (TPSA) is 8.29 Å². The van der Waals surface area contributed by atoms with E-state index in [1.807, 2.05) is 0 Å². The van der Waals surface area contributed by atoms with Crippen molar-refractivity contribution in [3.05, 3.63) is 72.4 Å². The van der Waals surface area contributed by atoms with Crippen LogP contribution >= 0.6 is 0 Å². The van der Waals surface area contributed by atoms with Gasteiger partial charge in [-0.3, -0.25) is 0 Å². The van der Waals surface area contributed by atoms with Crippen molar-refractivity contribution in [2.75, 3.05) is 0 Å². The first-order valence-corrected chi connectivity index (χ1v) is 9.45. The smallest absolute Gasteiger partial charge is 0.224 e. The molecule has 0 amide bonds. The SMILES string of the molecule is Cc1cccc2c1c1c3c(cc[n+]1C)cc1ccc4cccc5c4c1c3n25. The molecule has 0 spiro atoms. The molecule has 0 fully saturated rings. The molecule has 0 aliphatic heterocycles. The van der Waals surface area contributed by atoms with E-state index in [0.717, 1.165) is 0 Å². The third-order valence-electron chi connectivity index (χ3n) is 6.39. The van der Waals surface area contributed by atoms with Crippen molar-refractivity contribution in [2.45, 2.75) is 6.92 Å². The number of hydrogen-bond donors (Lipinski definition) is 0. The Morgan fingerprint density at radius 1 is 0.704 bits per heavy atom. The van der Waals surface area contributed by atoms with Crippen LogP contribution in [0.15, 0.2) is 66.9 Å². The quantitative estimate of drug-likeness (QED) is 0.189. The average Bonchev–Trinajstić information content (AvgIpc) is 3.04. The van der Waals surface area contributed by atoms with E-state index in [0.29, 0.717) is 0 Å². The molecule has 0 saturated heterocycles. The Bertz CT molecular complexity index is 1680. The van der Waals surface area contributed by atoms with Crippen molar-refractivity contribution in [3.63, 3.8) is 0 Å². The van der Waals surface area contributed by atoms with Gasteiger partial charge in [0, 0.05) is 16.8 Å². The lowest BCUT2D eigenvalue weighted by Gasteiger charge is -2.13. The Kier molecular flexibility index (Phi) is 2.19. The van der Waals surface area contributed by atoms with Crippen LogP contribution in [0.1, 0.15) is 5.56 Å².